The molecule has 1 aliphatic rings. The van der Waals surface area contributed by atoms with Crippen molar-refractivity contribution in [2.24, 2.45) is 5.92 Å². The minimum Gasteiger partial charge on any atom is -0.453 e. The van der Waals surface area contributed by atoms with Crippen molar-refractivity contribution in [1.82, 2.24) is 20.3 Å². The summed E-state index contributed by atoms with van der Waals surface area (Å²) in [7, 11) is 1.23. The zero-order valence-corrected chi connectivity index (χ0v) is 17.3. The number of carbonyl (C=O) groups is 1. The van der Waals surface area contributed by atoms with E-state index >= 15 is 0 Å². The fraction of sp³-hybridized carbons (Fsp3) is 0.381. The highest BCUT2D eigenvalue weighted by molar-refractivity contribution is 6.04. The number of halogens is 3. The quantitative estimate of drug-likeness (QED) is 0.466. The fourth-order valence-electron chi connectivity index (χ4n) is 3.82. The molecule has 2 aromatic heterocycles. The number of methoxy groups -OCH3 is 1. The van der Waals surface area contributed by atoms with E-state index in [-0.39, 0.29) is 17.2 Å². The summed E-state index contributed by atoms with van der Waals surface area (Å²) < 4.78 is 45.9. The second kappa shape index (κ2) is 9.03. The Hall–Kier alpha value is -3.34. The molecule has 1 fully saturated rings. The number of hydrogen-bond acceptors (Lipinski definition) is 6. The van der Waals surface area contributed by atoms with Gasteiger partial charge in [-0.2, -0.15) is 13.2 Å². The number of aromatic nitrogens is 3. The van der Waals surface area contributed by atoms with E-state index in [1.807, 2.05) is 0 Å². The maximum atomic E-state index is 13.8. The third-order valence-electron chi connectivity index (χ3n) is 5.49. The number of alkyl halides is 3. The first-order valence-electron chi connectivity index (χ1n) is 10.2. The van der Waals surface area contributed by atoms with Crippen molar-refractivity contribution in [2.45, 2.75) is 19.0 Å². The van der Waals surface area contributed by atoms with Crippen LogP contribution >= 0.6 is 0 Å². The largest absolute Gasteiger partial charge is 0.453 e. The van der Waals surface area contributed by atoms with E-state index in [1.54, 1.807) is 18.2 Å². The molecule has 1 saturated heterocycles. The smallest absolute Gasteiger partial charge is 0.419 e. The zero-order valence-electron chi connectivity index (χ0n) is 17.3. The van der Waals surface area contributed by atoms with Crippen LogP contribution in [0.1, 0.15) is 18.4 Å². The lowest BCUT2D eigenvalue weighted by molar-refractivity contribution is -0.137. The van der Waals surface area contributed by atoms with Crippen LogP contribution in [-0.4, -0.2) is 47.8 Å². The van der Waals surface area contributed by atoms with Crippen LogP contribution < -0.4 is 16.0 Å². The highest BCUT2D eigenvalue weighted by Gasteiger charge is 2.36. The van der Waals surface area contributed by atoms with E-state index in [2.05, 4.69) is 35.6 Å². The molecule has 11 heteroatoms. The van der Waals surface area contributed by atoms with Gasteiger partial charge in [0.25, 0.3) is 0 Å². The van der Waals surface area contributed by atoms with Gasteiger partial charge in [-0.1, -0.05) is 12.1 Å². The number of anilines is 2. The van der Waals surface area contributed by atoms with Crippen molar-refractivity contribution >= 4 is 28.6 Å². The number of fused-ring (bicyclic) bond motifs is 1. The molecule has 0 spiro atoms. The molecular formula is C21H23F3N6O2. The molecule has 32 heavy (non-hydrogen) atoms. The number of nitrogens with one attached hydrogen (secondary N) is 4. The van der Waals surface area contributed by atoms with Gasteiger partial charge >= 0.3 is 12.3 Å². The number of ether oxygens (including phenoxy) is 1. The molecule has 0 bridgehead atoms. The van der Waals surface area contributed by atoms with Crippen LogP contribution in [0.4, 0.5) is 29.6 Å². The second-order valence-corrected chi connectivity index (χ2v) is 7.57. The number of aromatic amines is 1. The van der Waals surface area contributed by atoms with Gasteiger partial charge in [0, 0.05) is 29.9 Å². The van der Waals surface area contributed by atoms with Crippen molar-refractivity contribution in [3.8, 4) is 11.3 Å². The number of benzene rings is 1. The Balaban J connectivity index is 1.71. The Morgan fingerprint density at radius 1 is 1.28 bits per heavy atom. The Morgan fingerprint density at radius 2 is 2.06 bits per heavy atom. The molecule has 3 aromatic rings. The lowest BCUT2D eigenvalue weighted by atomic mass is 9.98. The summed E-state index contributed by atoms with van der Waals surface area (Å²) in [4.78, 5) is 22.7. The number of nitrogens with zero attached hydrogens (tertiary/aromatic N) is 2. The van der Waals surface area contributed by atoms with Crippen molar-refractivity contribution in [1.29, 1.82) is 0 Å². The highest BCUT2D eigenvalue weighted by Crippen LogP contribution is 2.39. The number of hydrogen-bond donors (Lipinski definition) is 4. The van der Waals surface area contributed by atoms with Gasteiger partial charge in [0.05, 0.1) is 24.0 Å². The highest BCUT2D eigenvalue weighted by atomic mass is 19.4. The van der Waals surface area contributed by atoms with Gasteiger partial charge in [-0.05, 0) is 37.9 Å². The number of para-hydroxylation sites is 1. The summed E-state index contributed by atoms with van der Waals surface area (Å²) in [6.07, 6.45) is -1.09. The Morgan fingerprint density at radius 3 is 2.78 bits per heavy atom. The van der Waals surface area contributed by atoms with Crippen LogP contribution in [0, 0.1) is 5.92 Å². The number of rotatable bonds is 5. The van der Waals surface area contributed by atoms with Crippen LogP contribution in [0.25, 0.3) is 22.2 Å². The Labute approximate surface area is 182 Å². The van der Waals surface area contributed by atoms with Gasteiger partial charge in [0.2, 0.25) is 5.95 Å². The van der Waals surface area contributed by atoms with E-state index in [9.17, 15) is 18.0 Å². The molecule has 4 N–H and O–H groups in total. The molecule has 170 valence electrons. The molecule has 1 aromatic carbocycles. The molecule has 1 aliphatic heterocycles. The van der Waals surface area contributed by atoms with Crippen LogP contribution in [0.15, 0.2) is 30.6 Å². The third-order valence-corrected chi connectivity index (χ3v) is 5.49. The first kappa shape index (κ1) is 21.9. The SMILES string of the molecule is COC(=O)Nc1cccc2c(-c3nc(NCC4CCNCC4)ncc3C(F)(F)F)c[nH]c12. The van der Waals surface area contributed by atoms with E-state index < -0.39 is 17.8 Å². The number of amides is 1. The second-order valence-electron chi connectivity index (χ2n) is 7.57. The van der Waals surface area contributed by atoms with Crippen molar-refractivity contribution in [2.75, 3.05) is 37.4 Å². The lowest BCUT2D eigenvalue weighted by Gasteiger charge is -2.23. The summed E-state index contributed by atoms with van der Waals surface area (Å²) in [6, 6.07) is 4.92. The van der Waals surface area contributed by atoms with Crippen molar-refractivity contribution in [3.05, 3.63) is 36.2 Å². The minimum atomic E-state index is -4.63. The summed E-state index contributed by atoms with van der Waals surface area (Å²) in [5.41, 5.74) is -0.0663. The van der Waals surface area contributed by atoms with Crippen molar-refractivity contribution < 1.29 is 22.7 Å². The van der Waals surface area contributed by atoms with Crippen molar-refractivity contribution in [3.63, 3.8) is 0 Å². The predicted molar refractivity (Wildman–Crippen MR) is 114 cm³/mol. The summed E-state index contributed by atoms with van der Waals surface area (Å²) in [5, 5.41) is 9.39. The normalized spacial score (nSPS) is 15.0. The van der Waals surface area contributed by atoms with E-state index in [1.165, 1.54) is 13.3 Å². The number of H-pyrrole nitrogens is 1. The molecule has 0 saturated carbocycles. The Kier molecular flexibility index (Phi) is 6.17. The molecule has 0 radical (unpaired) electrons. The predicted octanol–water partition coefficient (Wildman–Crippen LogP) is 4.23. The summed E-state index contributed by atoms with van der Waals surface area (Å²) >= 11 is 0. The maximum Gasteiger partial charge on any atom is 0.419 e. The molecule has 0 aliphatic carbocycles. The summed E-state index contributed by atoms with van der Waals surface area (Å²) in [5.74, 6) is 0.551. The van der Waals surface area contributed by atoms with Crippen LogP contribution in [0.2, 0.25) is 0 Å². The van der Waals surface area contributed by atoms with Gasteiger partial charge in [0.1, 0.15) is 5.56 Å². The standard InChI is InChI=1S/C21H23F3N6O2/c1-32-20(31)29-16-4-2-3-13-14(10-26-18(13)16)17-15(21(22,23)24)11-28-19(30-17)27-9-12-5-7-25-8-6-12/h2-4,10-12,25-26H,5-9H2,1H3,(H,29,31)(H,27,28,30). The number of piperidine rings is 1. The van der Waals surface area contributed by atoms with Crippen LogP contribution in [-0.2, 0) is 10.9 Å². The van der Waals surface area contributed by atoms with Gasteiger partial charge in [0.15, 0.2) is 0 Å². The van der Waals surface area contributed by atoms with Gasteiger partial charge < -0.3 is 20.4 Å². The summed E-state index contributed by atoms with van der Waals surface area (Å²) in [6.45, 7) is 2.43. The lowest BCUT2D eigenvalue weighted by Crippen LogP contribution is -2.31. The third kappa shape index (κ3) is 4.62. The monoisotopic (exact) mass is 448 g/mol. The molecule has 1 amide bonds. The molecule has 8 nitrogen and oxygen atoms in total. The number of carbonyl (C=O) groups excluding carboxylic acids is 1. The zero-order chi connectivity index (χ0) is 22.7. The average molecular weight is 448 g/mol. The van der Waals surface area contributed by atoms with Gasteiger partial charge in [-0.15, -0.1) is 0 Å². The van der Waals surface area contributed by atoms with Gasteiger partial charge in [-0.3, -0.25) is 5.32 Å². The van der Waals surface area contributed by atoms with E-state index in [0.29, 0.717) is 29.1 Å². The Bertz CT molecular complexity index is 1110. The van der Waals surface area contributed by atoms with Crippen LogP contribution in [0.5, 0.6) is 0 Å². The van der Waals surface area contributed by atoms with Crippen LogP contribution in [0.3, 0.4) is 0 Å². The first-order valence-corrected chi connectivity index (χ1v) is 10.2. The first-order chi connectivity index (χ1) is 15.4. The van der Waals surface area contributed by atoms with E-state index in [0.717, 1.165) is 32.1 Å². The topological polar surface area (TPSA) is 104 Å². The fourth-order valence-corrected chi connectivity index (χ4v) is 3.82. The minimum absolute atomic E-state index is 0.143. The molecule has 4 rings (SSSR count). The molecule has 3 heterocycles. The molecule has 0 unspecified atom stereocenters. The molecular weight excluding hydrogens is 425 g/mol. The molecule has 0 atom stereocenters. The average Bonchev–Trinajstić information content (AvgIpc) is 3.22. The maximum absolute atomic E-state index is 13.8. The van der Waals surface area contributed by atoms with E-state index in [4.69, 9.17) is 0 Å². The van der Waals surface area contributed by atoms with Gasteiger partial charge in [-0.25, -0.2) is 14.8 Å².